The van der Waals surface area contributed by atoms with E-state index in [-0.39, 0.29) is 70.5 Å². The Labute approximate surface area is 205 Å². The third-order valence-corrected chi connectivity index (χ3v) is 6.49. The van der Waals surface area contributed by atoms with E-state index in [2.05, 4.69) is 16.5 Å². The molecule has 0 unspecified atom stereocenters. The standard InChI is InChI=1S/C25H20ClFN4O4/c1-2-18(33)30-10-11-31-15(12-30)13-35-24-20(25(31)34)22(14-6-8-28-9-7-14)29-23(21(24)26)19-16(27)4-3-5-17(19)32/h2-9,15,32H,1,10-13H2/t15-/m1/s1. The fourth-order valence-corrected chi connectivity index (χ4v) is 4.71. The number of aromatic hydroxyl groups is 1. The summed E-state index contributed by atoms with van der Waals surface area (Å²) in [6, 6.07) is 6.77. The number of pyridine rings is 2. The predicted molar refractivity (Wildman–Crippen MR) is 127 cm³/mol. The second-order valence-corrected chi connectivity index (χ2v) is 8.53. The van der Waals surface area contributed by atoms with E-state index >= 15 is 0 Å². The summed E-state index contributed by atoms with van der Waals surface area (Å²) in [6.07, 6.45) is 4.32. The molecular formula is C25H20ClFN4O4. The van der Waals surface area contributed by atoms with Gasteiger partial charge >= 0.3 is 0 Å². The van der Waals surface area contributed by atoms with Crippen LogP contribution < -0.4 is 4.74 Å². The van der Waals surface area contributed by atoms with Crippen LogP contribution in [-0.2, 0) is 4.79 Å². The molecule has 8 nitrogen and oxygen atoms in total. The van der Waals surface area contributed by atoms with Gasteiger partial charge in [0.15, 0.2) is 5.75 Å². The van der Waals surface area contributed by atoms with Crippen molar-refractivity contribution in [2.75, 3.05) is 26.2 Å². The highest BCUT2D eigenvalue weighted by Crippen LogP contribution is 2.45. The van der Waals surface area contributed by atoms with Gasteiger partial charge in [-0.05, 0) is 30.3 Å². The minimum absolute atomic E-state index is 0.0483. The Morgan fingerprint density at radius 1 is 1.20 bits per heavy atom. The van der Waals surface area contributed by atoms with Gasteiger partial charge in [-0.3, -0.25) is 14.6 Å². The summed E-state index contributed by atoms with van der Waals surface area (Å²) in [4.78, 5) is 37.8. The smallest absolute Gasteiger partial charge is 0.260 e. The largest absolute Gasteiger partial charge is 0.507 e. The lowest BCUT2D eigenvalue weighted by atomic mass is 10.0. The van der Waals surface area contributed by atoms with E-state index in [9.17, 15) is 19.1 Å². The summed E-state index contributed by atoms with van der Waals surface area (Å²) >= 11 is 6.68. The molecule has 4 heterocycles. The maximum Gasteiger partial charge on any atom is 0.260 e. The number of phenolic OH excluding ortho intramolecular Hbond substituents is 1. The van der Waals surface area contributed by atoms with Gasteiger partial charge in [0.05, 0.1) is 17.3 Å². The number of halogens is 2. The normalized spacial score (nSPS) is 17.2. The summed E-state index contributed by atoms with van der Waals surface area (Å²) in [5.41, 5.74) is 0.646. The van der Waals surface area contributed by atoms with Gasteiger partial charge in [-0.25, -0.2) is 9.37 Å². The fourth-order valence-electron chi connectivity index (χ4n) is 4.42. The van der Waals surface area contributed by atoms with Crippen molar-refractivity contribution in [1.29, 1.82) is 0 Å². The molecule has 0 radical (unpaired) electrons. The monoisotopic (exact) mass is 494 g/mol. The lowest BCUT2D eigenvalue weighted by Gasteiger charge is -2.39. The Kier molecular flexibility index (Phi) is 5.86. The number of carbonyl (C=O) groups is 2. The molecule has 2 amide bonds. The molecule has 0 bridgehead atoms. The third kappa shape index (κ3) is 3.87. The number of phenols is 1. The van der Waals surface area contributed by atoms with Crippen molar-refractivity contribution >= 4 is 23.4 Å². The van der Waals surface area contributed by atoms with Gasteiger partial charge in [0.2, 0.25) is 5.91 Å². The lowest BCUT2D eigenvalue weighted by molar-refractivity contribution is -0.128. The van der Waals surface area contributed by atoms with Crippen LogP contribution in [0.2, 0.25) is 5.02 Å². The van der Waals surface area contributed by atoms with E-state index in [1.54, 1.807) is 34.3 Å². The number of amides is 2. The van der Waals surface area contributed by atoms with Gasteiger partial charge in [0.25, 0.3) is 5.91 Å². The summed E-state index contributed by atoms with van der Waals surface area (Å²) in [6.45, 7) is 4.48. The summed E-state index contributed by atoms with van der Waals surface area (Å²) in [5, 5.41) is 10.3. The second kappa shape index (κ2) is 8.99. The molecule has 1 saturated heterocycles. The molecule has 0 spiro atoms. The third-order valence-electron chi connectivity index (χ3n) is 6.14. The van der Waals surface area contributed by atoms with E-state index in [0.717, 1.165) is 0 Å². The van der Waals surface area contributed by atoms with E-state index in [0.29, 0.717) is 12.1 Å². The molecule has 3 aromatic rings. The zero-order chi connectivity index (χ0) is 24.7. The van der Waals surface area contributed by atoms with Crippen LogP contribution in [0.4, 0.5) is 4.39 Å². The first-order valence-corrected chi connectivity index (χ1v) is 11.2. The fraction of sp³-hybridized carbons (Fsp3) is 0.200. The first-order valence-electron chi connectivity index (χ1n) is 10.9. The molecule has 0 aliphatic carbocycles. The van der Waals surface area contributed by atoms with Gasteiger partial charge in [-0.2, -0.15) is 0 Å². The van der Waals surface area contributed by atoms with Crippen LogP contribution in [0.1, 0.15) is 10.4 Å². The molecule has 2 aliphatic heterocycles. The first-order chi connectivity index (χ1) is 16.9. The number of rotatable bonds is 3. The van der Waals surface area contributed by atoms with Crippen molar-refractivity contribution in [3.05, 3.63) is 71.8 Å². The van der Waals surface area contributed by atoms with Gasteiger partial charge in [0.1, 0.15) is 34.5 Å². The molecule has 1 fully saturated rings. The molecule has 10 heteroatoms. The van der Waals surface area contributed by atoms with E-state index in [4.69, 9.17) is 16.3 Å². The van der Waals surface area contributed by atoms with Gasteiger partial charge in [0, 0.05) is 37.6 Å². The van der Waals surface area contributed by atoms with Crippen LogP contribution in [0.5, 0.6) is 11.5 Å². The maximum absolute atomic E-state index is 14.8. The topological polar surface area (TPSA) is 95.9 Å². The lowest BCUT2D eigenvalue weighted by Crippen LogP contribution is -2.57. The average Bonchev–Trinajstić information content (AvgIpc) is 3.02. The molecule has 0 saturated carbocycles. The number of benzene rings is 1. The summed E-state index contributed by atoms with van der Waals surface area (Å²) in [5.74, 6) is -1.62. The Hall–Kier alpha value is -3.98. The number of aromatic nitrogens is 2. The second-order valence-electron chi connectivity index (χ2n) is 8.15. The molecule has 2 aliphatic rings. The van der Waals surface area contributed by atoms with E-state index in [1.807, 2.05) is 0 Å². The quantitative estimate of drug-likeness (QED) is 0.559. The van der Waals surface area contributed by atoms with Crippen molar-refractivity contribution in [3.63, 3.8) is 0 Å². The molecule has 1 atom stereocenters. The highest BCUT2D eigenvalue weighted by atomic mass is 35.5. The number of piperazine rings is 1. The summed E-state index contributed by atoms with van der Waals surface area (Å²) in [7, 11) is 0. The van der Waals surface area contributed by atoms with Crippen LogP contribution in [0.15, 0.2) is 55.4 Å². The Morgan fingerprint density at radius 2 is 1.97 bits per heavy atom. The van der Waals surface area contributed by atoms with E-state index in [1.165, 1.54) is 24.3 Å². The average molecular weight is 495 g/mol. The molecule has 1 aromatic carbocycles. The number of hydrogen-bond acceptors (Lipinski definition) is 6. The van der Waals surface area contributed by atoms with Crippen LogP contribution in [-0.4, -0.2) is 69.0 Å². The molecule has 5 rings (SSSR count). The van der Waals surface area contributed by atoms with Crippen molar-refractivity contribution in [3.8, 4) is 34.0 Å². The summed E-state index contributed by atoms with van der Waals surface area (Å²) < 4.78 is 20.9. The number of nitrogens with zero attached hydrogens (tertiary/aromatic N) is 4. The van der Waals surface area contributed by atoms with Crippen LogP contribution in [0.25, 0.3) is 22.5 Å². The van der Waals surface area contributed by atoms with Crippen LogP contribution in [0.3, 0.4) is 0 Å². The van der Waals surface area contributed by atoms with Crippen molar-refractivity contribution < 1.29 is 23.8 Å². The van der Waals surface area contributed by atoms with Crippen LogP contribution >= 0.6 is 11.6 Å². The predicted octanol–water partition coefficient (Wildman–Crippen LogP) is 3.54. The van der Waals surface area contributed by atoms with Crippen molar-refractivity contribution in [1.82, 2.24) is 19.8 Å². The molecule has 2 aromatic heterocycles. The molecule has 178 valence electrons. The van der Waals surface area contributed by atoms with Gasteiger partial charge in [-0.15, -0.1) is 0 Å². The van der Waals surface area contributed by atoms with Crippen molar-refractivity contribution in [2.45, 2.75) is 6.04 Å². The minimum Gasteiger partial charge on any atom is -0.507 e. The number of ether oxygens (including phenoxy) is 1. The SMILES string of the molecule is C=CC(=O)N1CCN2C(=O)c3c(-c4ccncc4)nc(-c4c(O)cccc4F)c(Cl)c3OC[C@H]2C1. The zero-order valence-corrected chi connectivity index (χ0v) is 19.2. The molecule has 1 N–H and O–H groups in total. The Balaban J connectivity index is 1.70. The number of fused-ring (bicyclic) bond motifs is 2. The first kappa shape index (κ1) is 22.8. The maximum atomic E-state index is 14.8. The van der Waals surface area contributed by atoms with Crippen LogP contribution in [0, 0.1) is 5.82 Å². The Morgan fingerprint density at radius 3 is 2.69 bits per heavy atom. The van der Waals surface area contributed by atoms with Crippen molar-refractivity contribution in [2.24, 2.45) is 0 Å². The highest BCUT2D eigenvalue weighted by molar-refractivity contribution is 6.35. The molecular weight excluding hydrogens is 475 g/mol. The minimum atomic E-state index is -0.726. The number of carbonyl (C=O) groups excluding carboxylic acids is 2. The van der Waals surface area contributed by atoms with Gasteiger partial charge in [-0.1, -0.05) is 24.2 Å². The molecule has 35 heavy (non-hydrogen) atoms. The Bertz CT molecular complexity index is 1330. The highest BCUT2D eigenvalue weighted by Gasteiger charge is 2.40. The number of hydrogen-bond donors (Lipinski definition) is 1. The van der Waals surface area contributed by atoms with Gasteiger partial charge < -0.3 is 19.6 Å². The zero-order valence-electron chi connectivity index (χ0n) is 18.4. The van der Waals surface area contributed by atoms with E-state index < -0.39 is 11.9 Å².